The Morgan fingerprint density at radius 3 is 2.92 bits per heavy atom. The topological polar surface area (TPSA) is 106 Å². The van der Waals surface area contributed by atoms with E-state index in [1.807, 2.05) is 6.07 Å². The van der Waals surface area contributed by atoms with Gasteiger partial charge >= 0.3 is 0 Å². The third kappa shape index (κ3) is 3.64. The van der Waals surface area contributed by atoms with E-state index in [2.05, 4.69) is 10.3 Å². The molecular weight excluding hydrogens is 382 g/mol. The molecule has 9 heteroatoms. The van der Waals surface area contributed by atoms with Gasteiger partial charge in [-0.15, -0.1) is 23.1 Å². The lowest BCUT2D eigenvalue weighted by Gasteiger charge is -2.06. The Morgan fingerprint density at radius 1 is 1.44 bits per heavy atom. The van der Waals surface area contributed by atoms with Crippen LogP contribution in [0.2, 0.25) is 5.02 Å². The van der Waals surface area contributed by atoms with Crippen LogP contribution < -0.4 is 10.9 Å². The number of pyridine rings is 1. The van der Waals surface area contributed by atoms with E-state index in [0.717, 1.165) is 29.2 Å². The lowest BCUT2D eigenvalue weighted by molar-refractivity contribution is -0.113. The summed E-state index contributed by atoms with van der Waals surface area (Å²) in [5.41, 5.74) is 0.538. The predicted molar refractivity (Wildman–Crippen MR) is 99.6 cm³/mol. The van der Waals surface area contributed by atoms with Crippen molar-refractivity contribution < 1.29 is 9.90 Å². The van der Waals surface area contributed by atoms with Gasteiger partial charge in [-0.2, -0.15) is 5.26 Å². The smallest absolute Gasteiger partial charge is 0.252 e. The number of halogens is 1. The van der Waals surface area contributed by atoms with Crippen LogP contribution in [-0.2, 0) is 4.79 Å². The highest BCUT2D eigenvalue weighted by Crippen LogP contribution is 2.39. The summed E-state index contributed by atoms with van der Waals surface area (Å²) in [5.74, 6) is -0.415. The molecule has 126 valence electrons. The number of anilines is 1. The van der Waals surface area contributed by atoms with Crippen LogP contribution in [0, 0.1) is 11.3 Å². The van der Waals surface area contributed by atoms with Crippen LogP contribution in [-0.4, -0.2) is 21.8 Å². The first-order chi connectivity index (χ1) is 12.0. The molecule has 0 aliphatic heterocycles. The number of thiophene rings is 1. The van der Waals surface area contributed by atoms with Crippen molar-refractivity contribution in [2.24, 2.45) is 0 Å². The first-order valence-corrected chi connectivity index (χ1v) is 9.13. The number of amides is 1. The molecule has 1 aromatic carbocycles. The number of H-pyrrole nitrogens is 1. The zero-order valence-electron chi connectivity index (χ0n) is 12.5. The van der Waals surface area contributed by atoms with Crippen LogP contribution in [0.1, 0.15) is 5.56 Å². The summed E-state index contributed by atoms with van der Waals surface area (Å²) >= 11 is 8.30. The van der Waals surface area contributed by atoms with E-state index in [1.54, 1.807) is 24.3 Å². The largest absolute Gasteiger partial charge is 0.506 e. The molecule has 0 aliphatic rings. The van der Waals surface area contributed by atoms with E-state index in [1.165, 1.54) is 0 Å². The van der Waals surface area contributed by atoms with Crippen LogP contribution in [0.15, 0.2) is 39.3 Å². The van der Waals surface area contributed by atoms with Gasteiger partial charge in [0.25, 0.3) is 5.56 Å². The highest BCUT2D eigenvalue weighted by molar-refractivity contribution is 8.02. The minimum absolute atomic E-state index is 0.0533. The Bertz CT molecular complexity index is 1070. The molecule has 25 heavy (non-hydrogen) atoms. The number of thioether (sulfide) groups is 1. The van der Waals surface area contributed by atoms with E-state index in [-0.39, 0.29) is 28.5 Å². The molecule has 6 nitrogen and oxygen atoms in total. The van der Waals surface area contributed by atoms with E-state index < -0.39 is 5.56 Å². The molecule has 0 fully saturated rings. The molecule has 1 amide bonds. The summed E-state index contributed by atoms with van der Waals surface area (Å²) < 4.78 is 0.953. The second-order valence-electron chi connectivity index (χ2n) is 4.92. The maximum atomic E-state index is 12.1. The van der Waals surface area contributed by atoms with Crippen LogP contribution in [0.25, 0.3) is 10.2 Å². The molecule has 0 atom stereocenters. The Hall–Kier alpha value is -2.47. The summed E-state index contributed by atoms with van der Waals surface area (Å²) in [5, 5.41) is 22.3. The molecule has 0 unspecified atom stereocenters. The molecule has 2 heterocycles. The number of hydrogen-bond acceptors (Lipinski definition) is 6. The molecule has 0 saturated heterocycles. The second-order valence-corrected chi connectivity index (χ2v) is 7.59. The standard InChI is InChI=1S/C16H10ClN3O3S2/c17-9-3-1-2-4-10(9)19-13(23)7-24-16-8(6-18)14-15(25-16)11(21)5-12(22)20-14/h1-5H,7H2,(H,19,23)(H2,20,21,22). The summed E-state index contributed by atoms with van der Waals surface area (Å²) in [4.78, 5) is 26.1. The highest BCUT2D eigenvalue weighted by Gasteiger charge is 2.17. The number of rotatable bonds is 4. The summed E-state index contributed by atoms with van der Waals surface area (Å²) in [6.45, 7) is 0. The zero-order valence-corrected chi connectivity index (χ0v) is 14.9. The average Bonchev–Trinajstić information content (AvgIpc) is 2.93. The first kappa shape index (κ1) is 17.4. The lowest BCUT2D eigenvalue weighted by Crippen LogP contribution is -2.14. The number of benzene rings is 1. The van der Waals surface area contributed by atoms with E-state index in [4.69, 9.17) is 11.6 Å². The summed E-state index contributed by atoms with van der Waals surface area (Å²) in [6.07, 6.45) is 0. The maximum absolute atomic E-state index is 12.1. The van der Waals surface area contributed by atoms with E-state index in [0.29, 0.717) is 19.6 Å². The van der Waals surface area contributed by atoms with Crippen molar-refractivity contribution >= 4 is 56.5 Å². The number of nitriles is 1. The molecule has 3 N–H and O–H groups in total. The number of fused-ring (bicyclic) bond motifs is 1. The maximum Gasteiger partial charge on any atom is 0.252 e. The van der Waals surface area contributed by atoms with Crippen LogP contribution in [0.5, 0.6) is 5.75 Å². The monoisotopic (exact) mass is 391 g/mol. The van der Waals surface area contributed by atoms with E-state index >= 15 is 0 Å². The number of nitrogens with zero attached hydrogens (tertiary/aromatic N) is 1. The number of aromatic nitrogens is 1. The van der Waals surface area contributed by atoms with Gasteiger partial charge in [0.05, 0.1) is 30.9 Å². The van der Waals surface area contributed by atoms with Gasteiger partial charge in [0.1, 0.15) is 17.4 Å². The lowest BCUT2D eigenvalue weighted by atomic mass is 10.3. The third-order valence-electron chi connectivity index (χ3n) is 3.22. The first-order valence-electron chi connectivity index (χ1n) is 6.95. The quantitative estimate of drug-likeness (QED) is 0.589. The minimum atomic E-state index is -0.493. The average molecular weight is 392 g/mol. The molecule has 0 spiro atoms. The third-order valence-corrected chi connectivity index (χ3v) is 6.03. The fourth-order valence-electron chi connectivity index (χ4n) is 2.14. The van der Waals surface area contributed by atoms with Gasteiger partial charge in [-0.1, -0.05) is 23.7 Å². The molecule has 3 rings (SSSR count). The van der Waals surface area contributed by atoms with Crippen LogP contribution in [0.4, 0.5) is 5.69 Å². The summed E-state index contributed by atoms with van der Waals surface area (Å²) in [7, 11) is 0. The Morgan fingerprint density at radius 2 is 2.20 bits per heavy atom. The van der Waals surface area contributed by atoms with E-state index in [9.17, 15) is 20.0 Å². The Balaban J connectivity index is 1.81. The Kier molecular flexibility index (Phi) is 4.99. The van der Waals surface area contributed by atoms with Crippen molar-refractivity contribution in [1.82, 2.24) is 4.98 Å². The molecule has 2 aromatic heterocycles. The van der Waals surface area contributed by atoms with Gasteiger partial charge in [-0.25, -0.2) is 0 Å². The van der Waals surface area contributed by atoms with Crippen LogP contribution in [0.3, 0.4) is 0 Å². The van der Waals surface area contributed by atoms with Gasteiger partial charge in [0.15, 0.2) is 0 Å². The fraction of sp³-hybridized carbons (Fsp3) is 0.0625. The molecule has 3 aromatic rings. The highest BCUT2D eigenvalue weighted by atomic mass is 35.5. The number of hydrogen-bond donors (Lipinski definition) is 3. The number of aromatic hydroxyl groups is 1. The normalized spacial score (nSPS) is 10.6. The van der Waals surface area contributed by atoms with Crippen molar-refractivity contribution in [3.63, 3.8) is 0 Å². The van der Waals surface area contributed by atoms with Crippen LogP contribution >= 0.6 is 34.7 Å². The number of nitrogens with one attached hydrogen (secondary N) is 2. The van der Waals surface area contributed by atoms with Gasteiger partial charge in [-0.3, -0.25) is 9.59 Å². The Labute approximate surface area is 155 Å². The molecule has 0 saturated carbocycles. The van der Waals surface area contributed by atoms with Crippen molar-refractivity contribution in [2.45, 2.75) is 4.21 Å². The van der Waals surface area contributed by atoms with Crippen molar-refractivity contribution in [2.75, 3.05) is 11.1 Å². The number of para-hydroxylation sites is 1. The fourth-order valence-corrected chi connectivity index (χ4v) is 4.47. The van der Waals surface area contributed by atoms with Gasteiger partial charge in [0, 0.05) is 6.07 Å². The SMILES string of the molecule is N#Cc1c(SCC(=O)Nc2ccccc2Cl)sc2c(O)cc(=O)[nH]c12. The second kappa shape index (κ2) is 7.19. The van der Waals surface area contributed by atoms with Crippen molar-refractivity contribution in [3.05, 3.63) is 51.3 Å². The van der Waals surface area contributed by atoms with Gasteiger partial charge in [-0.05, 0) is 12.1 Å². The number of carbonyl (C=O) groups excluding carboxylic acids is 1. The van der Waals surface area contributed by atoms with Gasteiger partial charge in [0.2, 0.25) is 5.91 Å². The van der Waals surface area contributed by atoms with Gasteiger partial charge < -0.3 is 15.4 Å². The molecule has 0 radical (unpaired) electrons. The zero-order chi connectivity index (χ0) is 18.0. The predicted octanol–water partition coefficient (Wildman–Crippen LogP) is 3.55. The summed E-state index contributed by atoms with van der Waals surface area (Å²) in [6, 6.07) is 9.94. The number of aromatic amines is 1. The van der Waals surface area contributed by atoms with Crippen molar-refractivity contribution in [1.29, 1.82) is 5.26 Å². The van der Waals surface area contributed by atoms with Crippen molar-refractivity contribution in [3.8, 4) is 11.8 Å². The molecule has 0 bridgehead atoms. The molecule has 0 aliphatic carbocycles. The minimum Gasteiger partial charge on any atom is -0.506 e. The number of carbonyl (C=O) groups is 1. The molecular formula is C16H10ClN3O3S2.